The molecule has 1 aromatic heterocycles. The zero-order valence-electron chi connectivity index (χ0n) is 14.8. The van der Waals surface area contributed by atoms with Gasteiger partial charge in [0.1, 0.15) is 11.5 Å². The first-order valence-electron chi connectivity index (χ1n) is 8.07. The van der Waals surface area contributed by atoms with Crippen LogP contribution in [0.3, 0.4) is 0 Å². The maximum absolute atomic E-state index is 12.6. The van der Waals surface area contributed by atoms with E-state index in [2.05, 4.69) is 5.10 Å². The average Bonchev–Trinajstić information content (AvgIpc) is 2.69. The van der Waals surface area contributed by atoms with Crippen LogP contribution >= 0.6 is 0 Å². The second-order valence-electron chi connectivity index (χ2n) is 5.77. The van der Waals surface area contributed by atoms with Gasteiger partial charge in [0.25, 0.3) is 0 Å². The Morgan fingerprint density at radius 1 is 1.08 bits per heavy atom. The van der Waals surface area contributed by atoms with Gasteiger partial charge in [-0.15, -0.1) is 0 Å². The summed E-state index contributed by atoms with van der Waals surface area (Å²) in [7, 11) is 4.88. The lowest BCUT2D eigenvalue weighted by Gasteiger charge is -2.23. The number of anilines is 2. The SMILES string of the molecule is COC(=O)c1ccccc1N(C)c1cc(=O)c(-c2ccccc2)nn1C. The van der Waals surface area contributed by atoms with Crippen LogP contribution in [0.1, 0.15) is 10.4 Å². The lowest BCUT2D eigenvalue weighted by Crippen LogP contribution is -2.23. The number of rotatable bonds is 4. The first-order chi connectivity index (χ1) is 12.5. The summed E-state index contributed by atoms with van der Waals surface area (Å²) in [6.07, 6.45) is 0. The number of methoxy groups -OCH3 is 1. The van der Waals surface area contributed by atoms with Crippen molar-refractivity contribution in [3.8, 4) is 11.3 Å². The van der Waals surface area contributed by atoms with Gasteiger partial charge in [-0.2, -0.15) is 5.10 Å². The zero-order valence-corrected chi connectivity index (χ0v) is 14.8. The van der Waals surface area contributed by atoms with E-state index in [4.69, 9.17) is 4.74 Å². The maximum atomic E-state index is 12.6. The minimum atomic E-state index is -0.439. The third-order valence-electron chi connectivity index (χ3n) is 4.14. The van der Waals surface area contributed by atoms with Gasteiger partial charge in [0.2, 0.25) is 5.43 Å². The van der Waals surface area contributed by atoms with Crippen molar-refractivity contribution >= 4 is 17.5 Å². The van der Waals surface area contributed by atoms with Crippen LogP contribution in [0.2, 0.25) is 0 Å². The number of nitrogens with zero attached hydrogens (tertiary/aromatic N) is 3. The molecule has 0 saturated carbocycles. The Balaban J connectivity index is 2.07. The number of aryl methyl sites for hydroxylation is 1. The van der Waals surface area contributed by atoms with Crippen LogP contribution in [0.15, 0.2) is 65.5 Å². The summed E-state index contributed by atoms with van der Waals surface area (Å²) in [4.78, 5) is 26.4. The summed E-state index contributed by atoms with van der Waals surface area (Å²) in [5, 5.41) is 4.43. The molecule has 3 rings (SSSR count). The molecule has 0 fully saturated rings. The average molecular weight is 349 g/mol. The Kier molecular flexibility index (Phi) is 4.84. The van der Waals surface area contributed by atoms with Gasteiger partial charge in [-0.05, 0) is 12.1 Å². The molecule has 6 nitrogen and oxygen atoms in total. The standard InChI is InChI=1S/C20H19N3O3/c1-22(16-12-8-7-11-15(16)20(25)26-3)18-13-17(24)19(21-23(18)2)14-9-5-4-6-10-14/h4-13H,1-3H3. The fourth-order valence-corrected chi connectivity index (χ4v) is 2.81. The Morgan fingerprint density at radius 2 is 1.73 bits per heavy atom. The number of carbonyl (C=O) groups excluding carboxylic acids is 1. The summed E-state index contributed by atoms with van der Waals surface area (Å²) in [6, 6.07) is 17.9. The molecule has 0 spiro atoms. The Labute approximate surface area is 151 Å². The van der Waals surface area contributed by atoms with E-state index in [-0.39, 0.29) is 5.43 Å². The van der Waals surface area contributed by atoms with E-state index in [1.807, 2.05) is 36.4 Å². The van der Waals surface area contributed by atoms with Crippen molar-refractivity contribution in [3.63, 3.8) is 0 Å². The van der Waals surface area contributed by atoms with Crippen LogP contribution in [0.5, 0.6) is 0 Å². The van der Waals surface area contributed by atoms with E-state index in [0.717, 1.165) is 5.56 Å². The van der Waals surface area contributed by atoms with Crippen LogP contribution < -0.4 is 10.3 Å². The zero-order chi connectivity index (χ0) is 18.7. The molecule has 0 aliphatic carbocycles. The van der Waals surface area contributed by atoms with Crippen molar-refractivity contribution in [2.45, 2.75) is 0 Å². The molecule has 132 valence electrons. The van der Waals surface area contributed by atoms with Crippen molar-refractivity contribution in [2.75, 3.05) is 19.1 Å². The summed E-state index contributed by atoms with van der Waals surface area (Å²) in [5.74, 6) is 0.123. The number of carbonyl (C=O) groups is 1. The monoisotopic (exact) mass is 349 g/mol. The molecule has 0 aliphatic heterocycles. The second kappa shape index (κ2) is 7.23. The molecule has 0 N–H and O–H groups in total. The molecule has 0 atom stereocenters. The van der Waals surface area contributed by atoms with Gasteiger partial charge in [0.05, 0.1) is 18.4 Å². The molecule has 0 amide bonds. The molecule has 0 bridgehead atoms. The van der Waals surface area contributed by atoms with Gasteiger partial charge < -0.3 is 9.64 Å². The smallest absolute Gasteiger partial charge is 0.339 e. The Hall–Kier alpha value is -3.41. The number of esters is 1. The van der Waals surface area contributed by atoms with E-state index in [9.17, 15) is 9.59 Å². The third-order valence-corrected chi connectivity index (χ3v) is 4.14. The Bertz CT molecular complexity index is 997. The molecule has 0 unspecified atom stereocenters. The highest BCUT2D eigenvalue weighted by Gasteiger charge is 2.18. The lowest BCUT2D eigenvalue weighted by atomic mass is 10.1. The van der Waals surface area contributed by atoms with E-state index >= 15 is 0 Å². The van der Waals surface area contributed by atoms with E-state index in [1.165, 1.54) is 13.2 Å². The molecule has 0 aliphatic rings. The number of ether oxygens (including phenoxy) is 1. The predicted octanol–water partition coefficient (Wildman–Crippen LogP) is 3.00. The maximum Gasteiger partial charge on any atom is 0.339 e. The van der Waals surface area contributed by atoms with Crippen molar-refractivity contribution in [3.05, 3.63) is 76.5 Å². The summed E-state index contributed by atoms with van der Waals surface area (Å²) in [6.45, 7) is 0. The number of hydrogen-bond donors (Lipinski definition) is 0. The van der Waals surface area contributed by atoms with Crippen LogP contribution in [0.4, 0.5) is 11.5 Å². The molecule has 3 aromatic rings. The topological polar surface area (TPSA) is 64.4 Å². The van der Waals surface area contributed by atoms with Gasteiger partial charge >= 0.3 is 5.97 Å². The fourth-order valence-electron chi connectivity index (χ4n) is 2.81. The highest BCUT2D eigenvalue weighted by Crippen LogP contribution is 2.26. The molecular weight excluding hydrogens is 330 g/mol. The van der Waals surface area contributed by atoms with Gasteiger partial charge in [-0.3, -0.25) is 9.48 Å². The minimum absolute atomic E-state index is 0.188. The first-order valence-corrected chi connectivity index (χ1v) is 8.07. The molecule has 2 aromatic carbocycles. The predicted molar refractivity (Wildman–Crippen MR) is 101 cm³/mol. The van der Waals surface area contributed by atoms with Gasteiger partial charge in [0, 0.05) is 25.7 Å². The fraction of sp³-hybridized carbons (Fsp3) is 0.150. The highest BCUT2D eigenvalue weighted by molar-refractivity contribution is 5.96. The molecular formula is C20H19N3O3. The van der Waals surface area contributed by atoms with E-state index in [0.29, 0.717) is 22.8 Å². The van der Waals surface area contributed by atoms with Crippen molar-refractivity contribution < 1.29 is 9.53 Å². The van der Waals surface area contributed by atoms with Crippen molar-refractivity contribution in [1.82, 2.24) is 9.78 Å². The highest BCUT2D eigenvalue weighted by atomic mass is 16.5. The summed E-state index contributed by atoms with van der Waals surface area (Å²) in [5.41, 5.74) is 2.00. The van der Waals surface area contributed by atoms with Crippen LogP contribution in [0, 0.1) is 0 Å². The molecule has 0 radical (unpaired) electrons. The number of hydrogen-bond acceptors (Lipinski definition) is 5. The van der Waals surface area contributed by atoms with Crippen LogP contribution in [-0.2, 0) is 11.8 Å². The molecule has 0 saturated heterocycles. The Morgan fingerprint density at radius 3 is 2.42 bits per heavy atom. The number of para-hydroxylation sites is 1. The van der Waals surface area contributed by atoms with Gasteiger partial charge in [-0.25, -0.2) is 4.79 Å². The largest absolute Gasteiger partial charge is 0.465 e. The van der Waals surface area contributed by atoms with Crippen LogP contribution in [0.25, 0.3) is 11.3 Å². The third kappa shape index (κ3) is 3.21. The summed E-state index contributed by atoms with van der Waals surface area (Å²) >= 11 is 0. The van der Waals surface area contributed by atoms with E-state index in [1.54, 1.807) is 41.9 Å². The molecule has 6 heteroatoms. The first kappa shape index (κ1) is 17.4. The second-order valence-corrected chi connectivity index (χ2v) is 5.77. The molecule has 1 heterocycles. The lowest BCUT2D eigenvalue weighted by molar-refractivity contribution is 0.0601. The summed E-state index contributed by atoms with van der Waals surface area (Å²) < 4.78 is 6.47. The van der Waals surface area contributed by atoms with Gasteiger partial charge in [0.15, 0.2) is 0 Å². The van der Waals surface area contributed by atoms with Crippen molar-refractivity contribution in [2.24, 2.45) is 7.05 Å². The number of aromatic nitrogens is 2. The quantitative estimate of drug-likeness (QED) is 0.678. The molecule has 26 heavy (non-hydrogen) atoms. The van der Waals surface area contributed by atoms with Crippen LogP contribution in [-0.4, -0.2) is 29.9 Å². The normalized spacial score (nSPS) is 10.4. The minimum Gasteiger partial charge on any atom is -0.465 e. The van der Waals surface area contributed by atoms with Crippen molar-refractivity contribution in [1.29, 1.82) is 0 Å². The number of benzene rings is 2. The van der Waals surface area contributed by atoms with E-state index < -0.39 is 5.97 Å². The van der Waals surface area contributed by atoms with Gasteiger partial charge in [-0.1, -0.05) is 42.5 Å².